The van der Waals surface area contributed by atoms with Crippen LogP contribution in [0, 0.1) is 0 Å². The zero-order valence-electron chi connectivity index (χ0n) is 10.1. The molecule has 0 aliphatic carbocycles. The van der Waals surface area contributed by atoms with Gasteiger partial charge in [0, 0.05) is 12.6 Å². The van der Waals surface area contributed by atoms with Gasteiger partial charge in [0.15, 0.2) is 0 Å². The Morgan fingerprint density at radius 1 is 1.56 bits per heavy atom. The molecule has 0 saturated heterocycles. The normalized spacial score (nSPS) is 13.9. The molecule has 1 atom stereocenters. The summed E-state index contributed by atoms with van der Waals surface area (Å²) in [4.78, 5) is 11.4. The van der Waals surface area contributed by atoms with E-state index in [0.29, 0.717) is 0 Å². The number of hydrogen-bond acceptors (Lipinski definition) is 7. The maximum atomic E-state index is 11.4. The number of rotatable bonds is 6. The molecular weight excluding hydrogens is 212 g/mol. The van der Waals surface area contributed by atoms with Crippen molar-refractivity contribution in [3.05, 3.63) is 0 Å². The van der Waals surface area contributed by atoms with Crippen molar-refractivity contribution in [2.45, 2.75) is 38.8 Å². The molecule has 96 valence electrons. The summed E-state index contributed by atoms with van der Waals surface area (Å²) in [5, 5.41) is 9.91. The van der Waals surface area contributed by atoms with Crippen LogP contribution in [-0.2, 0) is 9.53 Å². The number of esters is 1. The van der Waals surface area contributed by atoms with E-state index in [1.54, 1.807) is 20.8 Å². The highest BCUT2D eigenvalue weighted by molar-refractivity contribution is 5.70. The fourth-order valence-electron chi connectivity index (χ4n) is 1.10. The van der Waals surface area contributed by atoms with E-state index in [1.807, 2.05) is 5.59 Å². The molecule has 0 spiro atoms. The third-order valence-corrected chi connectivity index (χ3v) is 1.67. The Morgan fingerprint density at radius 3 is 2.50 bits per heavy atom. The van der Waals surface area contributed by atoms with E-state index >= 15 is 0 Å². The summed E-state index contributed by atoms with van der Waals surface area (Å²) in [6.45, 7) is 5.72. The summed E-state index contributed by atoms with van der Waals surface area (Å²) in [7, 11) is 0. The number of carbonyl (C=O) groups is 1. The van der Waals surface area contributed by atoms with Crippen LogP contribution >= 0.6 is 0 Å². The van der Waals surface area contributed by atoms with Crippen molar-refractivity contribution in [1.29, 1.82) is 0 Å². The summed E-state index contributed by atoms with van der Waals surface area (Å²) >= 11 is 0. The van der Waals surface area contributed by atoms with Crippen molar-refractivity contribution >= 4 is 5.97 Å². The zero-order valence-corrected chi connectivity index (χ0v) is 10.1. The molecule has 6 N–H and O–H groups in total. The second kappa shape index (κ2) is 6.77. The lowest BCUT2D eigenvalue weighted by Gasteiger charge is -2.23. The van der Waals surface area contributed by atoms with Crippen molar-refractivity contribution in [3.63, 3.8) is 0 Å². The van der Waals surface area contributed by atoms with Crippen LogP contribution in [0.1, 0.15) is 27.2 Å². The first-order valence-electron chi connectivity index (χ1n) is 5.10. The molecule has 16 heavy (non-hydrogen) atoms. The largest absolute Gasteiger partial charge is 0.460 e. The number of nitrogens with two attached hydrogens (primary N) is 2. The SMILES string of the molecule is CC(C)(C)OC(=O)CC(N)CN(CN)NO. The van der Waals surface area contributed by atoms with Crippen LogP contribution < -0.4 is 17.1 Å². The Morgan fingerprint density at radius 2 is 2.12 bits per heavy atom. The smallest absolute Gasteiger partial charge is 0.307 e. The third kappa shape index (κ3) is 7.55. The molecule has 0 fully saturated rings. The van der Waals surface area contributed by atoms with Crippen molar-refractivity contribution in [1.82, 2.24) is 10.6 Å². The molecule has 7 heteroatoms. The molecule has 0 bridgehead atoms. The summed E-state index contributed by atoms with van der Waals surface area (Å²) in [5.74, 6) is -0.366. The molecule has 0 aliphatic heterocycles. The van der Waals surface area contributed by atoms with Gasteiger partial charge in [0.05, 0.1) is 13.1 Å². The minimum atomic E-state index is -0.514. The van der Waals surface area contributed by atoms with Gasteiger partial charge in [-0.1, -0.05) is 0 Å². The number of nitrogens with zero attached hydrogens (tertiary/aromatic N) is 1. The molecule has 0 saturated carbocycles. The van der Waals surface area contributed by atoms with Gasteiger partial charge in [0.1, 0.15) is 5.60 Å². The molecule has 0 aromatic rings. The number of ether oxygens (including phenoxy) is 1. The summed E-state index contributed by atoms with van der Waals surface area (Å²) < 4.78 is 5.11. The Kier molecular flexibility index (Phi) is 6.46. The molecule has 1 unspecified atom stereocenters. The predicted molar refractivity (Wildman–Crippen MR) is 59.1 cm³/mol. The van der Waals surface area contributed by atoms with Crippen LogP contribution in [0.2, 0.25) is 0 Å². The topological polar surface area (TPSA) is 114 Å². The maximum Gasteiger partial charge on any atom is 0.307 e. The molecule has 0 radical (unpaired) electrons. The van der Waals surface area contributed by atoms with Crippen molar-refractivity contribution in [2.24, 2.45) is 11.5 Å². The van der Waals surface area contributed by atoms with E-state index in [1.165, 1.54) is 5.01 Å². The van der Waals surface area contributed by atoms with E-state index in [2.05, 4.69) is 0 Å². The first-order valence-corrected chi connectivity index (χ1v) is 5.10. The van der Waals surface area contributed by atoms with Crippen LogP contribution in [-0.4, -0.2) is 41.0 Å². The fourth-order valence-corrected chi connectivity index (χ4v) is 1.10. The Labute approximate surface area is 95.6 Å². The van der Waals surface area contributed by atoms with Gasteiger partial charge in [-0.15, -0.1) is 5.59 Å². The summed E-state index contributed by atoms with van der Waals surface area (Å²) in [6.07, 6.45) is 0.0788. The van der Waals surface area contributed by atoms with Gasteiger partial charge < -0.3 is 21.4 Å². The molecular formula is C9H22N4O3. The monoisotopic (exact) mass is 234 g/mol. The minimum Gasteiger partial charge on any atom is -0.460 e. The number of hydrogen-bond donors (Lipinski definition) is 4. The molecule has 0 aliphatic rings. The fraction of sp³-hybridized carbons (Fsp3) is 0.889. The number of hydrazine groups is 1. The highest BCUT2D eigenvalue weighted by Gasteiger charge is 2.19. The second-order valence-corrected chi connectivity index (χ2v) is 4.56. The van der Waals surface area contributed by atoms with Gasteiger partial charge in [0.25, 0.3) is 0 Å². The predicted octanol–water partition coefficient (Wildman–Crippen LogP) is -0.842. The highest BCUT2D eigenvalue weighted by atomic mass is 16.6. The van der Waals surface area contributed by atoms with E-state index in [4.69, 9.17) is 21.4 Å². The van der Waals surface area contributed by atoms with E-state index in [-0.39, 0.29) is 25.6 Å². The summed E-state index contributed by atoms with van der Waals surface area (Å²) in [5.41, 5.74) is 12.4. The zero-order chi connectivity index (χ0) is 12.8. The van der Waals surface area contributed by atoms with Gasteiger partial charge in [0.2, 0.25) is 0 Å². The average Bonchev–Trinajstić information content (AvgIpc) is 2.10. The minimum absolute atomic E-state index is 0.0788. The Bertz CT molecular complexity index is 213. The van der Waals surface area contributed by atoms with Gasteiger partial charge in [-0.25, -0.2) is 5.01 Å². The van der Waals surface area contributed by atoms with E-state index in [0.717, 1.165) is 0 Å². The van der Waals surface area contributed by atoms with Crippen LogP contribution in [0.5, 0.6) is 0 Å². The third-order valence-electron chi connectivity index (χ3n) is 1.67. The highest BCUT2D eigenvalue weighted by Crippen LogP contribution is 2.08. The lowest BCUT2D eigenvalue weighted by atomic mass is 10.2. The van der Waals surface area contributed by atoms with Crippen molar-refractivity contribution < 1.29 is 14.7 Å². The van der Waals surface area contributed by atoms with Crippen molar-refractivity contribution in [2.75, 3.05) is 13.2 Å². The number of nitrogens with one attached hydrogen (secondary N) is 1. The van der Waals surface area contributed by atoms with E-state index < -0.39 is 11.6 Å². The quantitative estimate of drug-likeness (QED) is 0.269. The van der Waals surface area contributed by atoms with Crippen molar-refractivity contribution in [3.8, 4) is 0 Å². The lowest BCUT2D eigenvalue weighted by molar-refractivity contribution is -0.155. The Balaban J connectivity index is 3.95. The van der Waals surface area contributed by atoms with Gasteiger partial charge in [-0.2, -0.15) is 0 Å². The maximum absolute atomic E-state index is 11.4. The molecule has 0 heterocycles. The molecule has 0 rings (SSSR count). The average molecular weight is 234 g/mol. The first kappa shape index (κ1) is 15.3. The van der Waals surface area contributed by atoms with E-state index in [9.17, 15) is 4.79 Å². The van der Waals surface area contributed by atoms with Gasteiger partial charge >= 0.3 is 5.97 Å². The number of carbonyl (C=O) groups excluding carboxylic acids is 1. The van der Waals surface area contributed by atoms with Crippen LogP contribution in [0.25, 0.3) is 0 Å². The molecule has 0 aromatic carbocycles. The van der Waals surface area contributed by atoms with Crippen LogP contribution in [0.4, 0.5) is 0 Å². The molecule has 0 amide bonds. The molecule has 0 aromatic heterocycles. The van der Waals surface area contributed by atoms with Crippen LogP contribution in [0.3, 0.4) is 0 Å². The molecule has 7 nitrogen and oxygen atoms in total. The lowest BCUT2D eigenvalue weighted by Crippen LogP contribution is -2.47. The summed E-state index contributed by atoms with van der Waals surface area (Å²) in [6, 6.07) is -0.446. The first-order chi connectivity index (χ1) is 7.28. The van der Waals surface area contributed by atoms with Gasteiger partial charge in [-0.05, 0) is 20.8 Å². The standard InChI is InChI=1S/C9H22N4O3/c1-9(2,3)16-8(14)4-7(11)5-13(6-10)12-15/h7,12,15H,4-6,10-11H2,1-3H3. The Hall–Kier alpha value is -0.730. The van der Waals surface area contributed by atoms with Crippen LogP contribution in [0.15, 0.2) is 0 Å². The second-order valence-electron chi connectivity index (χ2n) is 4.56. The van der Waals surface area contributed by atoms with Gasteiger partial charge in [-0.3, -0.25) is 4.79 Å².